The number of benzene rings is 3. The highest BCUT2D eigenvalue weighted by Gasteiger charge is 2.26. The molecule has 264 valence electrons. The molecule has 0 aliphatic carbocycles. The number of aromatic nitrogens is 5. The van der Waals surface area contributed by atoms with Gasteiger partial charge in [0.25, 0.3) is 5.91 Å². The summed E-state index contributed by atoms with van der Waals surface area (Å²) in [5.41, 5.74) is 5.27. The first-order valence-corrected chi connectivity index (χ1v) is 17.9. The van der Waals surface area contributed by atoms with Crippen LogP contribution in [0.25, 0.3) is 22.3 Å². The number of piperidine rings is 1. The van der Waals surface area contributed by atoms with Crippen LogP contribution < -0.4 is 10.1 Å². The van der Waals surface area contributed by atoms with E-state index in [1.165, 1.54) is 6.07 Å². The van der Waals surface area contributed by atoms with Crippen LogP contribution in [0.1, 0.15) is 46.8 Å². The minimum atomic E-state index is -0.380. The Bertz CT molecular complexity index is 2190. The molecule has 1 amide bonds. The summed E-state index contributed by atoms with van der Waals surface area (Å²) in [5, 5.41) is 3.37. The highest BCUT2D eigenvalue weighted by atomic mass is 35.5. The molecule has 0 spiro atoms. The lowest BCUT2D eigenvalue weighted by Crippen LogP contribution is -2.39. The van der Waals surface area contributed by atoms with E-state index in [1.807, 2.05) is 54.6 Å². The lowest BCUT2D eigenvalue weighted by Gasteiger charge is -2.32. The van der Waals surface area contributed by atoms with Gasteiger partial charge in [-0.05, 0) is 67.3 Å². The van der Waals surface area contributed by atoms with E-state index in [-0.39, 0.29) is 30.4 Å². The molecule has 52 heavy (non-hydrogen) atoms. The number of hydrogen-bond acceptors (Lipinski definition) is 8. The van der Waals surface area contributed by atoms with E-state index >= 15 is 0 Å². The van der Waals surface area contributed by atoms with E-state index < -0.39 is 0 Å². The van der Waals surface area contributed by atoms with Gasteiger partial charge in [0, 0.05) is 60.9 Å². The van der Waals surface area contributed by atoms with Gasteiger partial charge in [0.05, 0.1) is 41.5 Å². The Labute approximate surface area is 305 Å². The number of nitrogens with zero attached hydrogens (tertiary/aromatic N) is 6. The number of likely N-dealkylation sites (tertiary alicyclic amines) is 1. The van der Waals surface area contributed by atoms with Crippen molar-refractivity contribution in [3.63, 3.8) is 0 Å². The first-order chi connectivity index (χ1) is 25.4. The lowest BCUT2D eigenvalue weighted by molar-refractivity contribution is -0.0592. The standard InChI is InChI=1S/C40H37ClFN7O3/c41-29-8-6-27(33(42)21-29)20-37-43-16-12-39(47-37)52-31-13-17-48(18-14-31)25-38-46-35-22-30(9-11-36(35)49(38)24-32-15-19-51-32)45-40(50)28-7-10-34(44-23-28)26-4-2-1-3-5-26/h1-12,16,21-23,31-32H,13-15,17-20,24-25H2,(H,45,50)/t32-/m0/s1. The number of rotatable bonds is 11. The van der Waals surface area contributed by atoms with Crippen molar-refractivity contribution in [1.29, 1.82) is 0 Å². The van der Waals surface area contributed by atoms with E-state index in [2.05, 4.69) is 29.7 Å². The van der Waals surface area contributed by atoms with Crippen molar-refractivity contribution in [3.8, 4) is 17.1 Å². The molecule has 10 nitrogen and oxygen atoms in total. The third kappa shape index (κ3) is 7.81. The van der Waals surface area contributed by atoms with Gasteiger partial charge in [-0.15, -0.1) is 0 Å². The first-order valence-electron chi connectivity index (χ1n) is 17.5. The molecule has 1 N–H and O–H groups in total. The number of carbonyl (C=O) groups excluding carboxylic acids is 1. The third-order valence-corrected chi connectivity index (χ3v) is 9.83. The molecule has 1 atom stereocenters. The molecule has 2 fully saturated rings. The fourth-order valence-corrected chi connectivity index (χ4v) is 6.81. The fourth-order valence-electron chi connectivity index (χ4n) is 6.65. The van der Waals surface area contributed by atoms with Crippen LogP contribution in [0, 0.1) is 5.82 Å². The molecule has 0 unspecified atom stereocenters. The molecule has 2 aliphatic rings. The monoisotopic (exact) mass is 717 g/mol. The number of anilines is 1. The number of carbonyl (C=O) groups is 1. The summed E-state index contributed by atoms with van der Waals surface area (Å²) in [7, 11) is 0. The molecule has 12 heteroatoms. The zero-order valence-electron chi connectivity index (χ0n) is 28.4. The number of ether oxygens (including phenoxy) is 2. The summed E-state index contributed by atoms with van der Waals surface area (Å²) < 4.78 is 28.7. The van der Waals surface area contributed by atoms with Gasteiger partial charge in [0.2, 0.25) is 5.88 Å². The molecule has 0 bridgehead atoms. The van der Waals surface area contributed by atoms with Gasteiger partial charge >= 0.3 is 0 Å². The van der Waals surface area contributed by atoms with Crippen LogP contribution in [-0.2, 0) is 24.2 Å². The van der Waals surface area contributed by atoms with Gasteiger partial charge in [0.15, 0.2) is 0 Å². The molecule has 0 radical (unpaired) electrons. The van der Waals surface area contributed by atoms with Crippen LogP contribution in [0.3, 0.4) is 0 Å². The number of nitrogens with one attached hydrogen (secondary N) is 1. The van der Waals surface area contributed by atoms with Crippen molar-refractivity contribution in [2.24, 2.45) is 0 Å². The fraction of sp³-hybridized carbons (Fsp3) is 0.275. The third-order valence-electron chi connectivity index (χ3n) is 9.59. The molecule has 2 aliphatic heterocycles. The normalized spacial score (nSPS) is 16.5. The van der Waals surface area contributed by atoms with Crippen LogP contribution in [0.15, 0.2) is 97.3 Å². The van der Waals surface area contributed by atoms with E-state index in [0.29, 0.717) is 40.1 Å². The summed E-state index contributed by atoms with van der Waals surface area (Å²) in [6, 6.07) is 25.7. The molecule has 6 aromatic rings. The van der Waals surface area contributed by atoms with Gasteiger partial charge in [-0.2, -0.15) is 4.98 Å². The number of amides is 1. The zero-order valence-corrected chi connectivity index (χ0v) is 29.2. The average molecular weight is 718 g/mol. The molecule has 0 saturated carbocycles. The summed E-state index contributed by atoms with van der Waals surface area (Å²) in [6.45, 7) is 3.86. The van der Waals surface area contributed by atoms with E-state index in [0.717, 1.165) is 73.6 Å². The topological polar surface area (TPSA) is 107 Å². The van der Waals surface area contributed by atoms with Gasteiger partial charge in [-0.3, -0.25) is 14.7 Å². The highest BCUT2D eigenvalue weighted by molar-refractivity contribution is 6.30. The van der Waals surface area contributed by atoms with Crippen LogP contribution in [0.5, 0.6) is 5.88 Å². The van der Waals surface area contributed by atoms with Crippen molar-refractivity contribution in [1.82, 2.24) is 29.4 Å². The van der Waals surface area contributed by atoms with E-state index in [9.17, 15) is 9.18 Å². The zero-order chi connectivity index (χ0) is 35.4. The minimum Gasteiger partial charge on any atom is -0.474 e. The second kappa shape index (κ2) is 15.2. The second-order valence-electron chi connectivity index (χ2n) is 13.2. The van der Waals surface area contributed by atoms with Gasteiger partial charge in [-0.1, -0.05) is 48.0 Å². The van der Waals surface area contributed by atoms with Crippen molar-refractivity contribution in [2.75, 3.05) is 25.0 Å². The molecular weight excluding hydrogens is 681 g/mol. The SMILES string of the molecule is O=C(Nc1ccc2c(c1)nc(CN1CCC(Oc3ccnc(Cc4ccc(Cl)cc4F)n3)CC1)n2C[C@@H]1CCO1)c1ccc(-c2ccccc2)nc1. The van der Waals surface area contributed by atoms with Crippen molar-refractivity contribution in [3.05, 3.63) is 131 Å². The second-order valence-corrected chi connectivity index (χ2v) is 13.6. The predicted molar refractivity (Wildman–Crippen MR) is 197 cm³/mol. The minimum absolute atomic E-state index is 0.00405. The summed E-state index contributed by atoms with van der Waals surface area (Å²) in [6.07, 6.45) is 6.34. The number of hydrogen-bond donors (Lipinski definition) is 1. The lowest BCUT2D eigenvalue weighted by atomic mass is 10.1. The predicted octanol–water partition coefficient (Wildman–Crippen LogP) is 7.36. The van der Waals surface area contributed by atoms with Crippen molar-refractivity contribution < 1.29 is 18.7 Å². The maximum atomic E-state index is 14.3. The highest BCUT2D eigenvalue weighted by Crippen LogP contribution is 2.27. The molecular formula is C40H37ClFN7O3. The average Bonchev–Trinajstić information content (AvgIpc) is 3.48. The van der Waals surface area contributed by atoms with Crippen LogP contribution in [-0.4, -0.2) is 67.2 Å². The summed E-state index contributed by atoms with van der Waals surface area (Å²) >= 11 is 5.90. The largest absolute Gasteiger partial charge is 0.474 e. The molecule has 3 aromatic carbocycles. The Morgan fingerprint density at radius 3 is 2.56 bits per heavy atom. The van der Waals surface area contributed by atoms with Crippen molar-refractivity contribution in [2.45, 2.75) is 51.0 Å². The van der Waals surface area contributed by atoms with Gasteiger partial charge in [0.1, 0.15) is 23.6 Å². The molecule has 8 rings (SSSR count). The number of halogens is 2. The number of pyridine rings is 1. The van der Waals surface area contributed by atoms with Crippen LogP contribution in [0.2, 0.25) is 5.02 Å². The van der Waals surface area contributed by atoms with Crippen molar-refractivity contribution >= 4 is 34.2 Å². The summed E-state index contributed by atoms with van der Waals surface area (Å²) in [5.74, 6) is 1.33. The Kier molecular flexibility index (Phi) is 9.89. The molecule has 2 saturated heterocycles. The van der Waals surface area contributed by atoms with E-state index in [4.69, 9.17) is 26.1 Å². The smallest absolute Gasteiger partial charge is 0.257 e. The Balaban J connectivity index is 0.910. The molecule has 3 aromatic heterocycles. The van der Waals surface area contributed by atoms with E-state index in [1.54, 1.807) is 36.7 Å². The Hall–Kier alpha value is -5.23. The number of imidazole rings is 1. The molecule has 5 heterocycles. The first kappa shape index (κ1) is 33.9. The maximum Gasteiger partial charge on any atom is 0.257 e. The summed E-state index contributed by atoms with van der Waals surface area (Å²) in [4.78, 5) is 34.0. The van der Waals surface area contributed by atoms with Crippen LogP contribution in [0.4, 0.5) is 10.1 Å². The van der Waals surface area contributed by atoms with Crippen LogP contribution >= 0.6 is 11.6 Å². The number of fused-ring (bicyclic) bond motifs is 1. The van der Waals surface area contributed by atoms with Gasteiger partial charge in [-0.25, -0.2) is 14.4 Å². The Morgan fingerprint density at radius 2 is 1.81 bits per heavy atom. The quantitative estimate of drug-likeness (QED) is 0.148. The Morgan fingerprint density at radius 1 is 0.962 bits per heavy atom. The van der Waals surface area contributed by atoms with Gasteiger partial charge < -0.3 is 19.4 Å². The maximum absolute atomic E-state index is 14.3.